The molecule has 0 heterocycles. The zero-order valence-corrected chi connectivity index (χ0v) is 6.32. The van der Waals surface area contributed by atoms with E-state index in [4.69, 9.17) is 10.7 Å². The second-order valence-electron chi connectivity index (χ2n) is 2.14. The minimum absolute atomic E-state index is 0.471. The Morgan fingerprint density at radius 2 is 2.00 bits per heavy atom. The van der Waals surface area contributed by atoms with E-state index in [-0.39, 0.29) is 0 Å². The van der Waals surface area contributed by atoms with Gasteiger partial charge in [-0.15, -0.1) is 0 Å². The molecule has 0 amide bonds. The number of hydrogen-bond acceptors (Lipinski definition) is 2. The first-order valence-electron chi connectivity index (χ1n) is 2.71. The molecule has 0 N–H and O–H groups in total. The van der Waals surface area contributed by atoms with E-state index in [2.05, 4.69) is 0 Å². The van der Waals surface area contributed by atoms with Crippen LogP contribution in [0.4, 0.5) is 0 Å². The zero-order valence-electron chi connectivity index (χ0n) is 4.75. The molecule has 0 radical (unpaired) electrons. The quantitative estimate of drug-likeness (QED) is 0.583. The molecule has 52 valence electrons. The summed E-state index contributed by atoms with van der Waals surface area (Å²) in [6.07, 6.45) is 3.84. The van der Waals surface area contributed by atoms with Crippen molar-refractivity contribution in [3.63, 3.8) is 0 Å². The molecular formula is C5H7ClO2S. The second kappa shape index (κ2) is 2.31. The van der Waals surface area contributed by atoms with Crippen molar-refractivity contribution in [1.82, 2.24) is 0 Å². The van der Waals surface area contributed by atoms with Gasteiger partial charge >= 0.3 is 0 Å². The fourth-order valence-corrected chi connectivity index (χ4v) is 1.08. The number of allylic oxidation sites excluding steroid dienone is 1. The third kappa shape index (κ3) is 3.54. The molecule has 9 heavy (non-hydrogen) atoms. The summed E-state index contributed by atoms with van der Waals surface area (Å²) in [4.78, 5) is 0. The summed E-state index contributed by atoms with van der Waals surface area (Å²) in [6, 6.07) is 0. The Balaban J connectivity index is 2.48. The van der Waals surface area contributed by atoms with Crippen molar-refractivity contribution >= 4 is 19.7 Å². The van der Waals surface area contributed by atoms with Gasteiger partial charge in [-0.25, -0.2) is 8.42 Å². The van der Waals surface area contributed by atoms with Crippen molar-refractivity contribution in [2.45, 2.75) is 12.8 Å². The van der Waals surface area contributed by atoms with Crippen LogP contribution in [0.25, 0.3) is 0 Å². The van der Waals surface area contributed by atoms with Crippen LogP contribution in [0.5, 0.6) is 0 Å². The van der Waals surface area contributed by atoms with E-state index in [1.807, 2.05) is 0 Å². The zero-order chi connectivity index (χ0) is 6.91. The van der Waals surface area contributed by atoms with Gasteiger partial charge in [0.05, 0.1) is 0 Å². The maximum absolute atomic E-state index is 10.2. The molecule has 1 fully saturated rings. The number of halogens is 1. The SMILES string of the molecule is O=S(=O)(Cl)/C=C\C1CC1. The molecule has 4 heteroatoms. The maximum atomic E-state index is 10.2. The Kier molecular flexibility index (Phi) is 1.82. The first-order chi connectivity index (χ1) is 4.08. The van der Waals surface area contributed by atoms with E-state index in [1.165, 1.54) is 0 Å². The largest absolute Gasteiger partial charge is 0.254 e. The summed E-state index contributed by atoms with van der Waals surface area (Å²) in [5.41, 5.74) is 0. The highest BCUT2D eigenvalue weighted by Crippen LogP contribution is 2.30. The van der Waals surface area contributed by atoms with Crippen molar-refractivity contribution in [2.75, 3.05) is 0 Å². The summed E-state index contributed by atoms with van der Waals surface area (Å²) in [6.45, 7) is 0. The molecular weight excluding hydrogens is 160 g/mol. The summed E-state index contributed by atoms with van der Waals surface area (Å²) < 4.78 is 20.5. The topological polar surface area (TPSA) is 34.1 Å². The van der Waals surface area contributed by atoms with E-state index in [0.717, 1.165) is 18.2 Å². The third-order valence-corrected chi connectivity index (χ3v) is 1.93. The maximum Gasteiger partial charge on any atom is 0.254 e. The molecule has 0 aromatic carbocycles. The highest BCUT2D eigenvalue weighted by atomic mass is 35.7. The molecule has 2 nitrogen and oxygen atoms in total. The van der Waals surface area contributed by atoms with Crippen LogP contribution in [-0.2, 0) is 9.05 Å². The van der Waals surface area contributed by atoms with Crippen LogP contribution < -0.4 is 0 Å². The summed E-state index contributed by atoms with van der Waals surface area (Å²) >= 11 is 0. The van der Waals surface area contributed by atoms with E-state index < -0.39 is 9.05 Å². The van der Waals surface area contributed by atoms with E-state index in [1.54, 1.807) is 6.08 Å². The van der Waals surface area contributed by atoms with Gasteiger partial charge in [-0.2, -0.15) is 0 Å². The lowest BCUT2D eigenvalue weighted by Crippen LogP contribution is -1.78. The Hall–Kier alpha value is -0.0200. The Morgan fingerprint density at radius 1 is 1.44 bits per heavy atom. The highest BCUT2D eigenvalue weighted by molar-refractivity contribution is 8.16. The molecule has 1 aliphatic carbocycles. The van der Waals surface area contributed by atoms with Crippen LogP contribution in [0.1, 0.15) is 12.8 Å². The molecule has 0 atom stereocenters. The van der Waals surface area contributed by atoms with Crippen LogP contribution in [0.3, 0.4) is 0 Å². The standard InChI is InChI=1S/C5H7ClO2S/c6-9(7,8)4-3-5-1-2-5/h3-5H,1-2H2/b4-3-. The van der Waals surface area contributed by atoms with Gasteiger partial charge in [-0.3, -0.25) is 0 Å². The van der Waals surface area contributed by atoms with Gasteiger partial charge in [0, 0.05) is 16.1 Å². The Bertz CT molecular complexity index is 213. The molecule has 1 saturated carbocycles. The van der Waals surface area contributed by atoms with Gasteiger partial charge < -0.3 is 0 Å². The molecule has 0 aromatic heterocycles. The number of hydrogen-bond donors (Lipinski definition) is 0. The third-order valence-electron chi connectivity index (χ3n) is 1.14. The summed E-state index contributed by atoms with van der Waals surface area (Å²) in [7, 11) is 1.50. The van der Waals surface area contributed by atoms with Crippen molar-refractivity contribution in [3.8, 4) is 0 Å². The van der Waals surface area contributed by atoms with Crippen LogP contribution in [0.2, 0.25) is 0 Å². The Labute approximate surface area is 58.9 Å². The fraction of sp³-hybridized carbons (Fsp3) is 0.600. The van der Waals surface area contributed by atoms with Crippen molar-refractivity contribution in [1.29, 1.82) is 0 Å². The summed E-state index contributed by atoms with van der Waals surface area (Å²) in [5, 5.41) is 1.06. The molecule has 0 saturated heterocycles. The second-order valence-corrected chi connectivity index (χ2v) is 4.66. The monoisotopic (exact) mass is 166 g/mol. The molecule has 1 aliphatic rings. The lowest BCUT2D eigenvalue weighted by Gasteiger charge is -1.79. The molecule has 0 aliphatic heterocycles. The van der Waals surface area contributed by atoms with Crippen molar-refractivity contribution in [3.05, 3.63) is 11.5 Å². The van der Waals surface area contributed by atoms with Gasteiger partial charge in [0.2, 0.25) is 0 Å². The van der Waals surface area contributed by atoms with Gasteiger partial charge in [0.1, 0.15) is 0 Å². The molecule has 1 rings (SSSR count). The Morgan fingerprint density at radius 3 is 2.33 bits per heavy atom. The minimum Gasteiger partial charge on any atom is -0.208 e. The van der Waals surface area contributed by atoms with Gasteiger partial charge in [0.25, 0.3) is 9.05 Å². The van der Waals surface area contributed by atoms with Crippen LogP contribution in [0, 0.1) is 5.92 Å². The minimum atomic E-state index is -3.39. The number of rotatable bonds is 2. The van der Waals surface area contributed by atoms with E-state index in [9.17, 15) is 8.42 Å². The summed E-state index contributed by atoms with van der Waals surface area (Å²) in [5.74, 6) is 0.471. The predicted octanol–water partition coefficient (Wildman–Crippen LogP) is 1.48. The van der Waals surface area contributed by atoms with Crippen LogP contribution >= 0.6 is 10.7 Å². The lowest BCUT2D eigenvalue weighted by atomic mass is 10.4. The van der Waals surface area contributed by atoms with Crippen molar-refractivity contribution < 1.29 is 8.42 Å². The van der Waals surface area contributed by atoms with Crippen LogP contribution in [0.15, 0.2) is 11.5 Å². The van der Waals surface area contributed by atoms with Gasteiger partial charge in [0.15, 0.2) is 0 Å². The highest BCUT2D eigenvalue weighted by Gasteiger charge is 2.17. The molecule has 0 unspecified atom stereocenters. The van der Waals surface area contributed by atoms with Gasteiger partial charge in [-0.05, 0) is 18.8 Å². The molecule has 0 bridgehead atoms. The fourth-order valence-electron chi connectivity index (χ4n) is 0.494. The average molecular weight is 167 g/mol. The molecule has 0 aromatic rings. The molecule has 0 spiro atoms. The average Bonchev–Trinajstić information content (AvgIpc) is 2.38. The van der Waals surface area contributed by atoms with Gasteiger partial charge in [-0.1, -0.05) is 6.08 Å². The van der Waals surface area contributed by atoms with E-state index >= 15 is 0 Å². The first-order valence-corrected chi connectivity index (χ1v) is 5.08. The smallest absolute Gasteiger partial charge is 0.208 e. The predicted molar refractivity (Wildman–Crippen MR) is 36.6 cm³/mol. The normalized spacial score (nSPS) is 21.0. The first kappa shape index (κ1) is 7.09. The van der Waals surface area contributed by atoms with E-state index in [0.29, 0.717) is 5.92 Å². The van der Waals surface area contributed by atoms with Crippen LogP contribution in [-0.4, -0.2) is 8.42 Å². The lowest BCUT2D eigenvalue weighted by molar-refractivity contribution is 0.617. The van der Waals surface area contributed by atoms with Crippen molar-refractivity contribution in [2.24, 2.45) is 5.92 Å².